The molecule has 0 bridgehead atoms. The molecule has 7 nitrogen and oxygen atoms in total. The van der Waals surface area contributed by atoms with Crippen molar-refractivity contribution in [3.63, 3.8) is 0 Å². The van der Waals surface area contributed by atoms with Crippen molar-refractivity contribution >= 4 is 50.7 Å². The van der Waals surface area contributed by atoms with Crippen LogP contribution in [0.1, 0.15) is 37.0 Å². The average Bonchev–Trinajstić information content (AvgIpc) is 2.74. The highest BCUT2D eigenvalue weighted by atomic mass is 35.5. The minimum atomic E-state index is -3.78. The number of sulfonamides is 1. The number of amides is 2. The molecule has 0 saturated heterocycles. The number of carbonyl (C=O) groups excluding carboxylic acids is 2. The number of anilines is 1. The molecule has 0 aliphatic heterocycles. The Bertz CT molecular complexity index is 1130. The van der Waals surface area contributed by atoms with Gasteiger partial charge < -0.3 is 10.2 Å². The Kier molecular flexibility index (Phi) is 9.79. The van der Waals surface area contributed by atoms with E-state index in [-0.39, 0.29) is 12.5 Å². The van der Waals surface area contributed by atoms with E-state index in [1.54, 1.807) is 37.3 Å². The summed E-state index contributed by atoms with van der Waals surface area (Å²) in [6.07, 6.45) is 1.80. The topological polar surface area (TPSA) is 86.8 Å². The number of hydrogen-bond acceptors (Lipinski definition) is 4. The maximum absolute atomic E-state index is 13.5. The molecular formula is C24H31Cl2N3O4S. The zero-order chi connectivity index (χ0) is 25.6. The SMILES string of the molecule is CCCNC(=O)[C@H](C)N(Cc1ccc(Cl)c(Cl)c1)C(=O)CN(c1cc(C)cc(C)c1)S(C)(=O)=O. The van der Waals surface area contributed by atoms with E-state index in [1.165, 1.54) is 4.90 Å². The Morgan fingerprint density at radius 2 is 1.65 bits per heavy atom. The normalized spacial score (nSPS) is 12.2. The summed E-state index contributed by atoms with van der Waals surface area (Å²) in [5.41, 5.74) is 2.80. The van der Waals surface area contributed by atoms with Gasteiger partial charge in [0.25, 0.3) is 0 Å². The van der Waals surface area contributed by atoms with Crippen LogP contribution in [0, 0.1) is 13.8 Å². The van der Waals surface area contributed by atoms with Crippen molar-refractivity contribution in [3.8, 4) is 0 Å². The predicted octanol–water partition coefficient (Wildman–Crippen LogP) is 4.32. The second-order valence-electron chi connectivity index (χ2n) is 8.35. The summed E-state index contributed by atoms with van der Waals surface area (Å²) in [4.78, 5) is 27.6. The average molecular weight is 529 g/mol. The molecule has 0 radical (unpaired) electrons. The lowest BCUT2D eigenvalue weighted by atomic mass is 10.1. The largest absolute Gasteiger partial charge is 0.354 e. The summed E-state index contributed by atoms with van der Waals surface area (Å²) in [5, 5.41) is 3.48. The van der Waals surface area contributed by atoms with Gasteiger partial charge in [0.05, 0.1) is 22.0 Å². The lowest BCUT2D eigenvalue weighted by molar-refractivity contribution is -0.139. The van der Waals surface area contributed by atoms with Gasteiger partial charge in [0, 0.05) is 13.1 Å². The number of benzene rings is 2. The fourth-order valence-corrected chi connectivity index (χ4v) is 4.68. The molecule has 34 heavy (non-hydrogen) atoms. The third-order valence-corrected chi connectivity index (χ3v) is 7.11. The van der Waals surface area contributed by atoms with Crippen molar-refractivity contribution in [1.29, 1.82) is 0 Å². The molecule has 2 rings (SSSR count). The molecule has 186 valence electrons. The van der Waals surface area contributed by atoms with Crippen molar-refractivity contribution < 1.29 is 18.0 Å². The Labute approximate surface area is 212 Å². The van der Waals surface area contributed by atoms with Gasteiger partial charge in [0.1, 0.15) is 12.6 Å². The molecule has 0 aliphatic rings. The van der Waals surface area contributed by atoms with Crippen LogP contribution >= 0.6 is 23.2 Å². The van der Waals surface area contributed by atoms with E-state index in [1.807, 2.05) is 26.8 Å². The molecule has 0 unspecified atom stereocenters. The third kappa shape index (κ3) is 7.61. The monoisotopic (exact) mass is 527 g/mol. The summed E-state index contributed by atoms with van der Waals surface area (Å²) in [5.74, 6) is -0.845. The summed E-state index contributed by atoms with van der Waals surface area (Å²) in [6.45, 7) is 7.33. The van der Waals surface area contributed by atoms with E-state index in [4.69, 9.17) is 23.2 Å². The van der Waals surface area contributed by atoms with Crippen molar-refractivity contribution in [2.75, 3.05) is 23.7 Å². The van der Waals surface area contributed by atoms with Crippen LogP contribution in [0.15, 0.2) is 36.4 Å². The number of nitrogens with zero attached hydrogens (tertiary/aromatic N) is 2. The fourth-order valence-electron chi connectivity index (χ4n) is 3.52. The van der Waals surface area contributed by atoms with Gasteiger partial charge >= 0.3 is 0 Å². The highest BCUT2D eigenvalue weighted by Gasteiger charge is 2.30. The van der Waals surface area contributed by atoms with Gasteiger partial charge in [-0.05, 0) is 68.1 Å². The number of aryl methyl sites for hydroxylation is 2. The minimum absolute atomic E-state index is 0.0564. The van der Waals surface area contributed by atoms with Crippen molar-refractivity contribution in [3.05, 3.63) is 63.1 Å². The van der Waals surface area contributed by atoms with Crippen LogP contribution < -0.4 is 9.62 Å². The standard InChI is InChI=1S/C24H31Cl2N3O4S/c1-6-9-27-24(31)18(4)28(14-19-7-8-21(25)22(26)13-19)23(30)15-29(34(5,32)33)20-11-16(2)10-17(3)12-20/h7-8,10-13,18H,6,9,14-15H2,1-5H3,(H,27,31)/t18-/m0/s1. The Balaban J connectivity index is 2.42. The molecule has 0 fully saturated rings. The summed E-state index contributed by atoms with van der Waals surface area (Å²) >= 11 is 12.2. The van der Waals surface area contributed by atoms with E-state index in [0.717, 1.165) is 28.1 Å². The van der Waals surface area contributed by atoms with E-state index in [2.05, 4.69) is 5.32 Å². The van der Waals surface area contributed by atoms with Crippen LogP contribution in [0.25, 0.3) is 0 Å². The molecule has 2 aromatic rings. The predicted molar refractivity (Wildman–Crippen MR) is 138 cm³/mol. The molecule has 0 aromatic heterocycles. The van der Waals surface area contributed by atoms with E-state index in [9.17, 15) is 18.0 Å². The molecule has 0 spiro atoms. The van der Waals surface area contributed by atoms with Crippen molar-refractivity contribution in [2.24, 2.45) is 0 Å². The maximum atomic E-state index is 13.5. The zero-order valence-corrected chi connectivity index (χ0v) is 22.4. The Morgan fingerprint density at radius 3 is 2.18 bits per heavy atom. The molecule has 0 aliphatic carbocycles. The van der Waals surface area contributed by atoms with E-state index in [0.29, 0.717) is 27.8 Å². The van der Waals surface area contributed by atoms with Crippen LogP contribution in [0.5, 0.6) is 0 Å². The van der Waals surface area contributed by atoms with Gasteiger partial charge in [-0.15, -0.1) is 0 Å². The molecule has 10 heteroatoms. The molecular weight excluding hydrogens is 497 g/mol. The molecule has 1 atom stereocenters. The first-order valence-electron chi connectivity index (χ1n) is 10.9. The molecule has 1 N–H and O–H groups in total. The van der Waals surface area contributed by atoms with Crippen LogP contribution in [0.4, 0.5) is 5.69 Å². The lowest BCUT2D eigenvalue weighted by Crippen LogP contribution is -2.51. The van der Waals surface area contributed by atoms with Gasteiger partial charge in [-0.25, -0.2) is 8.42 Å². The highest BCUT2D eigenvalue weighted by Crippen LogP contribution is 2.25. The van der Waals surface area contributed by atoms with Gasteiger partial charge in [-0.2, -0.15) is 0 Å². The minimum Gasteiger partial charge on any atom is -0.354 e. The number of rotatable bonds is 10. The quantitative estimate of drug-likeness (QED) is 0.498. The molecule has 2 amide bonds. The van der Waals surface area contributed by atoms with Gasteiger partial charge in [0.2, 0.25) is 21.8 Å². The lowest BCUT2D eigenvalue weighted by Gasteiger charge is -2.31. The number of halogens is 2. The summed E-state index contributed by atoms with van der Waals surface area (Å²) in [6, 6.07) is 9.45. The second-order valence-corrected chi connectivity index (χ2v) is 11.1. The Hall–Kier alpha value is -2.29. The van der Waals surface area contributed by atoms with Crippen LogP contribution in [-0.2, 0) is 26.2 Å². The highest BCUT2D eigenvalue weighted by molar-refractivity contribution is 7.92. The molecule has 2 aromatic carbocycles. The maximum Gasteiger partial charge on any atom is 0.244 e. The number of carbonyl (C=O) groups is 2. The van der Waals surface area contributed by atoms with E-state index >= 15 is 0 Å². The molecule has 0 heterocycles. The van der Waals surface area contributed by atoms with Crippen molar-refractivity contribution in [2.45, 2.75) is 46.7 Å². The van der Waals surface area contributed by atoms with Crippen molar-refractivity contribution in [1.82, 2.24) is 10.2 Å². The fraction of sp³-hybridized carbons (Fsp3) is 0.417. The van der Waals surface area contributed by atoms with Gasteiger partial charge in [-0.1, -0.05) is 42.3 Å². The van der Waals surface area contributed by atoms with Crippen LogP contribution in [0.2, 0.25) is 10.0 Å². The van der Waals surface area contributed by atoms with Gasteiger partial charge in [-0.3, -0.25) is 13.9 Å². The Morgan fingerprint density at radius 1 is 1.03 bits per heavy atom. The third-order valence-electron chi connectivity index (χ3n) is 5.23. The smallest absolute Gasteiger partial charge is 0.244 e. The summed E-state index contributed by atoms with van der Waals surface area (Å²) < 4.78 is 26.3. The van der Waals surface area contributed by atoms with E-state index < -0.39 is 28.5 Å². The number of hydrogen-bond donors (Lipinski definition) is 1. The first kappa shape index (κ1) is 28.0. The summed E-state index contributed by atoms with van der Waals surface area (Å²) in [7, 11) is -3.78. The number of nitrogens with one attached hydrogen (secondary N) is 1. The van der Waals surface area contributed by atoms with Gasteiger partial charge in [0.15, 0.2) is 0 Å². The van der Waals surface area contributed by atoms with Crippen LogP contribution in [0.3, 0.4) is 0 Å². The first-order chi connectivity index (χ1) is 15.8. The molecule has 0 saturated carbocycles. The first-order valence-corrected chi connectivity index (χ1v) is 13.5. The van der Waals surface area contributed by atoms with Crippen LogP contribution in [-0.4, -0.2) is 50.5 Å². The zero-order valence-electron chi connectivity index (χ0n) is 20.1. The second kappa shape index (κ2) is 11.9.